The van der Waals surface area contributed by atoms with Gasteiger partial charge < -0.3 is 10.6 Å². The highest BCUT2D eigenvalue weighted by Gasteiger charge is 2.25. The highest BCUT2D eigenvalue weighted by Crippen LogP contribution is 2.24. The van der Waals surface area contributed by atoms with Crippen molar-refractivity contribution in [3.63, 3.8) is 0 Å². The monoisotopic (exact) mass is 342 g/mol. The van der Waals surface area contributed by atoms with E-state index in [1.165, 1.54) is 5.56 Å². The Morgan fingerprint density at radius 3 is 2.50 bits per heavy atom. The van der Waals surface area contributed by atoms with Gasteiger partial charge in [-0.05, 0) is 37.4 Å². The summed E-state index contributed by atoms with van der Waals surface area (Å²) >= 11 is 1.75. The molecule has 5 heteroatoms. The number of amides is 1. The second-order valence-electron chi connectivity index (χ2n) is 5.99. The van der Waals surface area contributed by atoms with E-state index in [2.05, 4.69) is 48.7 Å². The summed E-state index contributed by atoms with van der Waals surface area (Å²) in [5.74, 6) is 1.45. The maximum absolute atomic E-state index is 12.5. The van der Waals surface area contributed by atoms with Gasteiger partial charge >= 0.3 is 0 Å². The zero-order valence-corrected chi connectivity index (χ0v) is 15.0. The molecule has 1 saturated heterocycles. The zero-order chi connectivity index (χ0) is 15.1. The number of carbonyl (C=O) groups excluding carboxylic acids is 1. The van der Waals surface area contributed by atoms with Crippen LogP contribution in [0.1, 0.15) is 32.3 Å². The molecule has 124 valence electrons. The molecule has 0 aliphatic carbocycles. The average molecular weight is 343 g/mol. The summed E-state index contributed by atoms with van der Waals surface area (Å²) in [7, 11) is 0. The van der Waals surface area contributed by atoms with Gasteiger partial charge in [0.1, 0.15) is 0 Å². The minimum absolute atomic E-state index is 0. The number of nitrogens with one attached hydrogen (secondary N) is 2. The molecule has 1 fully saturated rings. The van der Waals surface area contributed by atoms with E-state index in [9.17, 15) is 4.79 Å². The third-order valence-corrected chi connectivity index (χ3v) is 5.44. The average Bonchev–Trinajstić information content (AvgIpc) is 2.49. The van der Waals surface area contributed by atoms with Gasteiger partial charge in [0.2, 0.25) is 5.91 Å². The topological polar surface area (TPSA) is 41.1 Å². The molecule has 0 bridgehead atoms. The van der Waals surface area contributed by atoms with Gasteiger partial charge in [0, 0.05) is 11.8 Å². The van der Waals surface area contributed by atoms with Crippen molar-refractivity contribution in [2.24, 2.45) is 5.92 Å². The first-order valence-corrected chi connectivity index (χ1v) is 8.88. The summed E-state index contributed by atoms with van der Waals surface area (Å²) in [5.41, 5.74) is 1.28. The maximum atomic E-state index is 12.5. The first-order valence-electron chi connectivity index (χ1n) is 7.83. The summed E-state index contributed by atoms with van der Waals surface area (Å²) in [6, 6.07) is 10.7. The van der Waals surface area contributed by atoms with Gasteiger partial charge in [-0.2, -0.15) is 0 Å². The van der Waals surface area contributed by atoms with Crippen LogP contribution in [0, 0.1) is 5.92 Å². The molecular formula is C17H27ClN2OS. The SMILES string of the molecule is CC(C)C(SCc1ccccc1)C(=O)NC1CCNCC1.Cl. The van der Waals surface area contributed by atoms with Crippen LogP contribution in [-0.2, 0) is 10.5 Å². The normalized spacial score (nSPS) is 16.9. The lowest BCUT2D eigenvalue weighted by molar-refractivity contribution is -0.122. The summed E-state index contributed by atoms with van der Waals surface area (Å²) in [6.07, 6.45) is 2.08. The molecule has 1 atom stereocenters. The second kappa shape index (κ2) is 10.1. The molecule has 2 rings (SSSR count). The molecule has 1 heterocycles. The van der Waals surface area contributed by atoms with E-state index >= 15 is 0 Å². The molecule has 0 spiro atoms. The molecule has 0 saturated carbocycles. The third kappa shape index (κ3) is 6.19. The second-order valence-corrected chi connectivity index (χ2v) is 7.12. The quantitative estimate of drug-likeness (QED) is 0.834. The van der Waals surface area contributed by atoms with Crippen LogP contribution in [0.4, 0.5) is 0 Å². The van der Waals surface area contributed by atoms with Gasteiger partial charge in [0.15, 0.2) is 0 Å². The Morgan fingerprint density at radius 1 is 1.27 bits per heavy atom. The Kier molecular flexibility index (Phi) is 8.91. The van der Waals surface area contributed by atoms with Crippen LogP contribution in [0.2, 0.25) is 0 Å². The molecule has 0 aromatic heterocycles. The van der Waals surface area contributed by atoms with Crippen LogP contribution in [0.3, 0.4) is 0 Å². The lowest BCUT2D eigenvalue weighted by Gasteiger charge is -2.27. The number of halogens is 1. The summed E-state index contributed by atoms with van der Waals surface area (Å²) in [6.45, 7) is 6.28. The summed E-state index contributed by atoms with van der Waals surface area (Å²) in [5, 5.41) is 6.59. The van der Waals surface area contributed by atoms with E-state index in [4.69, 9.17) is 0 Å². The van der Waals surface area contributed by atoms with Crippen LogP contribution in [-0.4, -0.2) is 30.3 Å². The molecule has 1 unspecified atom stereocenters. The Labute approximate surface area is 144 Å². The number of thioether (sulfide) groups is 1. The van der Waals surface area contributed by atoms with Crippen LogP contribution in [0.25, 0.3) is 0 Å². The number of hydrogen-bond donors (Lipinski definition) is 2. The predicted molar refractivity (Wildman–Crippen MR) is 97.6 cm³/mol. The van der Waals surface area contributed by atoms with Crippen molar-refractivity contribution in [3.05, 3.63) is 35.9 Å². The van der Waals surface area contributed by atoms with Crippen molar-refractivity contribution in [1.29, 1.82) is 0 Å². The highest BCUT2D eigenvalue weighted by atomic mass is 35.5. The smallest absolute Gasteiger partial charge is 0.233 e. The molecule has 1 aliphatic rings. The molecule has 2 N–H and O–H groups in total. The predicted octanol–water partition coefficient (Wildman–Crippen LogP) is 3.23. The molecule has 0 radical (unpaired) electrons. The van der Waals surface area contributed by atoms with E-state index in [0.29, 0.717) is 12.0 Å². The van der Waals surface area contributed by atoms with Gasteiger partial charge in [-0.25, -0.2) is 0 Å². The number of rotatable bonds is 6. The maximum Gasteiger partial charge on any atom is 0.233 e. The van der Waals surface area contributed by atoms with E-state index in [0.717, 1.165) is 31.7 Å². The molecule has 1 amide bonds. The number of carbonyl (C=O) groups is 1. The Hall–Kier alpha value is -0.710. The van der Waals surface area contributed by atoms with Gasteiger partial charge in [-0.3, -0.25) is 4.79 Å². The largest absolute Gasteiger partial charge is 0.352 e. The molecular weight excluding hydrogens is 316 g/mol. The minimum Gasteiger partial charge on any atom is -0.352 e. The lowest BCUT2D eigenvalue weighted by atomic mass is 10.1. The van der Waals surface area contributed by atoms with Crippen LogP contribution < -0.4 is 10.6 Å². The van der Waals surface area contributed by atoms with E-state index in [1.54, 1.807) is 11.8 Å². The number of hydrogen-bond acceptors (Lipinski definition) is 3. The zero-order valence-electron chi connectivity index (χ0n) is 13.4. The molecule has 3 nitrogen and oxygen atoms in total. The van der Waals surface area contributed by atoms with E-state index in [1.807, 2.05) is 6.07 Å². The van der Waals surface area contributed by atoms with Crippen LogP contribution in [0.15, 0.2) is 30.3 Å². The third-order valence-electron chi connectivity index (χ3n) is 3.82. The highest BCUT2D eigenvalue weighted by molar-refractivity contribution is 7.99. The first-order chi connectivity index (χ1) is 10.2. The van der Waals surface area contributed by atoms with Crippen molar-refractivity contribution in [1.82, 2.24) is 10.6 Å². The number of piperidine rings is 1. The van der Waals surface area contributed by atoms with Crippen molar-refractivity contribution in [2.75, 3.05) is 13.1 Å². The van der Waals surface area contributed by atoms with Gasteiger partial charge in [-0.1, -0.05) is 44.2 Å². The molecule has 22 heavy (non-hydrogen) atoms. The summed E-state index contributed by atoms with van der Waals surface area (Å²) in [4.78, 5) is 12.5. The summed E-state index contributed by atoms with van der Waals surface area (Å²) < 4.78 is 0. The Morgan fingerprint density at radius 2 is 1.91 bits per heavy atom. The Bertz CT molecular complexity index is 436. The van der Waals surface area contributed by atoms with Crippen LogP contribution in [0.5, 0.6) is 0 Å². The van der Waals surface area contributed by atoms with Gasteiger partial charge in [0.05, 0.1) is 5.25 Å². The fourth-order valence-corrected chi connectivity index (χ4v) is 3.75. The van der Waals surface area contributed by atoms with Gasteiger partial charge in [0.25, 0.3) is 0 Å². The first kappa shape index (κ1) is 19.3. The fraction of sp³-hybridized carbons (Fsp3) is 0.588. The lowest BCUT2D eigenvalue weighted by Crippen LogP contribution is -2.46. The van der Waals surface area contributed by atoms with E-state index < -0.39 is 0 Å². The van der Waals surface area contributed by atoms with Crippen molar-refractivity contribution in [2.45, 2.75) is 43.7 Å². The van der Waals surface area contributed by atoms with Gasteiger partial charge in [-0.15, -0.1) is 24.2 Å². The van der Waals surface area contributed by atoms with Crippen molar-refractivity contribution >= 4 is 30.1 Å². The minimum atomic E-state index is 0. The van der Waals surface area contributed by atoms with Crippen LogP contribution >= 0.6 is 24.2 Å². The molecule has 1 aliphatic heterocycles. The Balaban J connectivity index is 0.00000242. The molecule has 1 aromatic rings. The standard InChI is InChI=1S/C17H26N2OS.ClH/c1-13(2)16(21-12-14-6-4-3-5-7-14)17(20)19-15-8-10-18-11-9-15;/h3-7,13,15-16,18H,8-12H2,1-2H3,(H,19,20);1H. The van der Waals surface area contributed by atoms with Crippen molar-refractivity contribution in [3.8, 4) is 0 Å². The number of benzene rings is 1. The van der Waals surface area contributed by atoms with E-state index in [-0.39, 0.29) is 23.6 Å². The molecule has 1 aromatic carbocycles. The van der Waals surface area contributed by atoms with Crippen molar-refractivity contribution < 1.29 is 4.79 Å². The fourth-order valence-electron chi connectivity index (χ4n) is 2.58.